The summed E-state index contributed by atoms with van der Waals surface area (Å²) in [6.07, 6.45) is 0. The van der Waals surface area contributed by atoms with Gasteiger partial charge in [-0.3, -0.25) is 9.69 Å². The van der Waals surface area contributed by atoms with Gasteiger partial charge in [0, 0.05) is 48.3 Å². The van der Waals surface area contributed by atoms with E-state index in [9.17, 15) is 13.6 Å². The number of halogens is 3. The van der Waals surface area contributed by atoms with Crippen LogP contribution in [0.25, 0.3) is 0 Å². The molecule has 7 heteroatoms. The van der Waals surface area contributed by atoms with Gasteiger partial charge in [0.05, 0.1) is 0 Å². The lowest BCUT2D eigenvalue weighted by atomic mass is 10.1. The molecule has 1 saturated heterocycles. The molecule has 0 radical (unpaired) electrons. The van der Waals surface area contributed by atoms with Crippen molar-refractivity contribution in [2.45, 2.75) is 13.2 Å². The van der Waals surface area contributed by atoms with Gasteiger partial charge in [0.2, 0.25) is 0 Å². The standard InChI is InChI=1S/C25H23BrF2N2O2/c26-21-7-3-8-22(15-21)32-17-18-4-1-5-19(14-18)25(31)30-12-10-29(11-13-30)16-20-6-2-9-23(27)24(20)28/h1-9,14-15H,10-13,16-17H2. The Balaban J connectivity index is 1.33. The van der Waals surface area contributed by atoms with Crippen LogP contribution in [0.4, 0.5) is 8.78 Å². The monoisotopic (exact) mass is 500 g/mol. The van der Waals surface area contributed by atoms with Crippen LogP contribution < -0.4 is 4.74 Å². The predicted octanol–water partition coefficient (Wildman–Crippen LogP) is 5.26. The van der Waals surface area contributed by atoms with Crippen LogP contribution in [0.1, 0.15) is 21.5 Å². The van der Waals surface area contributed by atoms with Gasteiger partial charge in [-0.05, 0) is 42.0 Å². The first-order valence-corrected chi connectivity index (χ1v) is 11.2. The fourth-order valence-electron chi connectivity index (χ4n) is 3.72. The number of ether oxygens (including phenoxy) is 1. The van der Waals surface area contributed by atoms with E-state index in [1.54, 1.807) is 17.0 Å². The maximum absolute atomic E-state index is 13.9. The number of hydrogen-bond acceptors (Lipinski definition) is 3. The highest BCUT2D eigenvalue weighted by Gasteiger charge is 2.23. The van der Waals surface area contributed by atoms with Crippen molar-refractivity contribution in [2.75, 3.05) is 26.2 Å². The molecule has 0 atom stereocenters. The Labute approximate surface area is 194 Å². The molecule has 3 aromatic carbocycles. The lowest BCUT2D eigenvalue weighted by Crippen LogP contribution is -2.48. The van der Waals surface area contributed by atoms with Crippen molar-refractivity contribution in [1.29, 1.82) is 0 Å². The molecule has 0 aromatic heterocycles. The van der Waals surface area contributed by atoms with E-state index in [4.69, 9.17) is 4.74 Å². The Morgan fingerprint density at radius 3 is 2.47 bits per heavy atom. The SMILES string of the molecule is O=C(c1cccc(COc2cccc(Br)c2)c1)N1CCN(Cc2cccc(F)c2F)CC1. The van der Waals surface area contributed by atoms with Gasteiger partial charge in [0.15, 0.2) is 11.6 Å². The summed E-state index contributed by atoms with van der Waals surface area (Å²) in [5.74, 6) is -0.916. The molecule has 0 N–H and O–H groups in total. The minimum atomic E-state index is -0.833. The topological polar surface area (TPSA) is 32.8 Å². The molecule has 0 aliphatic carbocycles. The number of benzene rings is 3. The van der Waals surface area contributed by atoms with Crippen molar-refractivity contribution in [3.05, 3.63) is 99.5 Å². The second-order valence-corrected chi connectivity index (χ2v) is 8.64. The highest BCUT2D eigenvalue weighted by atomic mass is 79.9. The molecule has 1 fully saturated rings. The Bertz CT molecular complexity index is 1100. The highest BCUT2D eigenvalue weighted by molar-refractivity contribution is 9.10. The second-order valence-electron chi connectivity index (χ2n) is 7.73. The zero-order chi connectivity index (χ0) is 22.5. The predicted molar refractivity (Wildman–Crippen MR) is 122 cm³/mol. The number of piperazine rings is 1. The van der Waals surface area contributed by atoms with Crippen LogP contribution in [-0.2, 0) is 13.2 Å². The van der Waals surface area contributed by atoms with Crippen LogP contribution in [0.5, 0.6) is 5.75 Å². The van der Waals surface area contributed by atoms with E-state index in [0.29, 0.717) is 50.5 Å². The fourth-order valence-corrected chi connectivity index (χ4v) is 4.10. The van der Waals surface area contributed by atoms with Crippen LogP contribution in [-0.4, -0.2) is 41.9 Å². The van der Waals surface area contributed by atoms with E-state index in [-0.39, 0.29) is 5.91 Å². The highest BCUT2D eigenvalue weighted by Crippen LogP contribution is 2.20. The number of amides is 1. The summed E-state index contributed by atoms with van der Waals surface area (Å²) in [6.45, 7) is 2.97. The van der Waals surface area contributed by atoms with Crippen molar-refractivity contribution >= 4 is 21.8 Å². The minimum Gasteiger partial charge on any atom is -0.489 e. The van der Waals surface area contributed by atoms with Gasteiger partial charge < -0.3 is 9.64 Å². The van der Waals surface area contributed by atoms with Gasteiger partial charge in [-0.1, -0.05) is 46.3 Å². The molecule has 1 heterocycles. The second kappa shape index (κ2) is 10.2. The van der Waals surface area contributed by atoms with Gasteiger partial charge in [-0.2, -0.15) is 0 Å². The van der Waals surface area contributed by atoms with Crippen molar-refractivity contribution < 1.29 is 18.3 Å². The summed E-state index contributed by atoms with van der Waals surface area (Å²) in [5, 5.41) is 0. The minimum absolute atomic E-state index is 0.0362. The average molecular weight is 501 g/mol. The molecule has 0 unspecified atom stereocenters. The zero-order valence-corrected chi connectivity index (χ0v) is 19.0. The van der Waals surface area contributed by atoms with Crippen molar-refractivity contribution in [1.82, 2.24) is 9.80 Å². The van der Waals surface area contributed by atoms with Crippen LogP contribution in [0.15, 0.2) is 71.2 Å². The van der Waals surface area contributed by atoms with E-state index in [0.717, 1.165) is 21.9 Å². The molecule has 0 spiro atoms. The molecule has 4 rings (SSSR count). The Hall–Kier alpha value is -2.77. The molecule has 1 aliphatic rings. The maximum atomic E-state index is 13.9. The third kappa shape index (κ3) is 5.53. The fraction of sp³-hybridized carbons (Fsp3) is 0.240. The van der Waals surface area contributed by atoms with E-state index < -0.39 is 11.6 Å². The summed E-state index contributed by atoms with van der Waals surface area (Å²) < 4.78 is 34.1. The lowest BCUT2D eigenvalue weighted by molar-refractivity contribution is 0.0626. The molecular weight excluding hydrogens is 478 g/mol. The molecule has 32 heavy (non-hydrogen) atoms. The quantitative estimate of drug-likeness (QED) is 0.462. The largest absolute Gasteiger partial charge is 0.489 e. The van der Waals surface area contributed by atoms with E-state index in [2.05, 4.69) is 15.9 Å². The summed E-state index contributed by atoms with van der Waals surface area (Å²) >= 11 is 3.42. The Morgan fingerprint density at radius 1 is 0.938 bits per heavy atom. The van der Waals surface area contributed by atoms with Crippen molar-refractivity contribution in [3.8, 4) is 5.75 Å². The molecule has 3 aromatic rings. The molecule has 1 aliphatic heterocycles. The zero-order valence-electron chi connectivity index (χ0n) is 17.4. The molecular formula is C25H23BrF2N2O2. The van der Waals surface area contributed by atoms with Crippen LogP contribution in [0.2, 0.25) is 0 Å². The number of carbonyl (C=O) groups is 1. The maximum Gasteiger partial charge on any atom is 0.253 e. The van der Waals surface area contributed by atoms with Gasteiger partial charge in [0.25, 0.3) is 5.91 Å². The van der Waals surface area contributed by atoms with Crippen LogP contribution >= 0.6 is 15.9 Å². The van der Waals surface area contributed by atoms with Crippen LogP contribution in [0, 0.1) is 11.6 Å². The summed E-state index contributed by atoms with van der Waals surface area (Å²) in [5.41, 5.74) is 1.86. The van der Waals surface area contributed by atoms with Gasteiger partial charge >= 0.3 is 0 Å². The summed E-state index contributed by atoms with van der Waals surface area (Å²) in [7, 11) is 0. The smallest absolute Gasteiger partial charge is 0.253 e. The van der Waals surface area contributed by atoms with Gasteiger partial charge in [0.1, 0.15) is 12.4 Å². The van der Waals surface area contributed by atoms with Crippen molar-refractivity contribution in [3.63, 3.8) is 0 Å². The summed E-state index contributed by atoms with van der Waals surface area (Å²) in [6, 6.07) is 19.3. The number of rotatable bonds is 6. The number of nitrogens with zero attached hydrogens (tertiary/aromatic N) is 2. The lowest BCUT2D eigenvalue weighted by Gasteiger charge is -2.35. The third-order valence-corrected chi connectivity index (χ3v) is 5.95. The normalized spacial score (nSPS) is 14.4. The van der Waals surface area contributed by atoms with Crippen LogP contribution in [0.3, 0.4) is 0 Å². The average Bonchev–Trinajstić information content (AvgIpc) is 2.81. The summed E-state index contributed by atoms with van der Waals surface area (Å²) in [4.78, 5) is 16.8. The first-order chi connectivity index (χ1) is 15.5. The van der Waals surface area contributed by atoms with E-state index >= 15 is 0 Å². The first-order valence-electron chi connectivity index (χ1n) is 10.4. The first kappa shape index (κ1) is 22.4. The molecule has 166 valence electrons. The van der Waals surface area contributed by atoms with Crippen molar-refractivity contribution in [2.24, 2.45) is 0 Å². The third-order valence-electron chi connectivity index (χ3n) is 5.46. The molecule has 0 saturated carbocycles. The molecule has 4 nitrogen and oxygen atoms in total. The number of carbonyl (C=O) groups excluding carboxylic acids is 1. The van der Waals surface area contributed by atoms with E-state index in [1.807, 2.05) is 47.4 Å². The molecule has 0 bridgehead atoms. The van der Waals surface area contributed by atoms with Gasteiger partial charge in [-0.15, -0.1) is 0 Å². The van der Waals surface area contributed by atoms with Gasteiger partial charge in [-0.25, -0.2) is 8.78 Å². The van der Waals surface area contributed by atoms with E-state index in [1.165, 1.54) is 6.07 Å². The Morgan fingerprint density at radius 2 is 1.69 bits per heavy atom. The Kier molecular flexibility index (Phi) is 7.17. The number of hydrogen-bond donors (Lipinski definition) is 0. The molecule has 1 amide bonds.